The van der Waals surface area contributed by atoms with Crippen LogP contribution in [0.3, 0.4) is 0 Å². The average molecular weight is 297 g/mol. The molecular weight excluding hydrogens is 274 g/mol. The van der Waals surface area contributed by atoms with E-state index in [9.17, 15) is 9.59 Å². The number of hydrogen-bond donors (Lipinski definition) is 1. The minimum atomic E-state index is -0.264. The second-order valence-electron chi connectivity index (χ2n) is 5.48. The van der Waals surface area contributed by atoms with E-state index >= 15 is 0 Å². The van der Waals surface area contributed by atoms with E-state index in [0.717, 1.165) is 15.5 Å². The first-order valence-corrected chi connectivity index (χ1v) is 8.34. The molecule has 0 bridgehead atoms. The van der Waals surface area contributed by atoms with Crippen molar-refractivity contribution in [2.75, 3.05) is 6.26 Å². The summed E-state index contributed by atoms with van der Waals surface area (Å²) in [7, 11) is 3.22. The molecule has 5 nitrogen and oxygen atoms in total. The number of thioether (sulfide) groups is 1. The summed E-state index contributed by atoms with van der Waals surface area (Å²) in [6.45, 7) is 0.577. The molecule has 2 rings (SSSR count). The Kier molecular flexibility index (Phi) is 5.10. The number of aromatic nitrogens is 2. The highest BCUT2D eigenvalue weighted by Crippen LogP contribution is 2.26. The van der Waals surface area contributed by atoms with Crippen LogP contribution < -0.4 is 16.6 Å². The van der Waals surface area contributed by atoms with Gasteiger partial charge in [-0.2, -0.15) is 11.8 Å². The van der Waals surface area contributed by atoms with Crippen molar-refractivity contribution in [1.82, 2.24) is 14.5 Å². The maximum Gasteiger partial charge on any atom is 0.330 e. The van der Waals surface area contributed by atoms with Crippen molar-refractivity contribution < 1.29 is 0 Å². The summed E-state index contributed by atoms with van der Waals surface area (Å²) in [5, 5.41) is 4.23. The van der Waals surface area contributed by atoms with Crippen LogP contribution in [0, 0.1) is 0 Å². The minimum absolute atomic E-state index is 0.240. The zero-order valence-corrected chi connectivity index (χ0v) is 13.2. The van der Waals surface area contributed by atoms with Crippen molar-refractivity contribution in [1.29, 1.82) is 0 Å². The Labute approximate surface area is 123 Å². The van der Waals surface area contributed by atoms with Gasteiger partial charge in [0.25, 0.3) is 5.56 Å². The van der Waals surface area contributed by atoms with Crippen molar-refractivity contribution in [3.63, 3.8) is 0 Å². The highest BCUT2D eigenvalue weighted by Gasteiger charge is 2.21. The van der Waals surface area contributed by atoms with E-state index in [-0.39, 0.29) is 11.2 Å². The summed E-state index contributed by atoms with van der Waals surface area (Å²) in [5.41, 5.74) is 0.250. The SMILES string of the molecule is CSC1CCCC(NCc2cc(=O)n(C)c(=O)n2C)C1. The lowest BCUT2D eigenvalue weighted by Crippen LogP contribution is -2.41. The topological polar surface area (TPSA) is 56.0 Å². The first kappa shape index (κ1) is 15.4. The van der Waals surface area contributed by atoms with Gasteiger partial charge in [0.05, 0.1) is 0 Å². The Morgan fingerprint density at radius 3 is 2.75 bits per heavy atom. The number of rotatable bonds is 4. The Hall–Kier alpha value is -1.01. The van der Waals surface area contributed by atoms with Crippen molar-refractivity contribution >= 4 is 11.8 Å². The zero-order valence-electron chi connectivity index (χ0n) is 12.4. The average Bonchev–Trinajstić information content (AvgIpc) is 2.47. The van der Waals surface area contributed by atoms with Gasteiger partial charge < -0.3 is 5.32 Å². The monoisotopic (exact) mass is 297 g/mol. The fourth-order valence-electron chi connectivity index (χ4n) is 2.74. The van der Waals surface area contributed by atoms with Crippen LogP contribution in [0.15, 0.2) is 15.7 Å². The maximum absolute atomic E-state index is 11.9. The van der Waals surface area contributed by atoms with Crippen LogP contribution in [-0.4, -0.2) is 26.7 Å². The first-order chi connectivity index (χ1) is 9.52. The van der Waals surface area contributed by atoms with E-state index in [0.29, 0.717) is 12.6 Å². The molecule has 1 saturated carbocycles. The van der Waals surface area contributed by atoms with Gasteiger partial charge in [-0.3, -0.25) is 13.9 Å². The maximum atomic E-state index is 11.9. The highest BCUT2D eigenvalue weighted by atomic mass is 32.2. The van der Waals surface area contributed by atoms with Gasteiger partial charge in [0, 0.05) is 43.7 Å². The third-order valence-electron chi connectivity index (χ3n) is 4.16. The van der Waals surface area contributed by atoms with Crippen LogP contribution in [0.4, 0.5) is 0 Å². The molecule has 6 heteroatoms. The third kappa shape index (κ3) is 3.35. The van der Waals surface area contributed by atoms with Gasteiger partial charge in [-0.15, -0.1) is 0 Å². The molecule has 1 N–H and O–H groups in total. The van der Waals surface area contributed by atoms with Crippen LogP contribution >= 0.6 is 11.8 Å². The standard InChI is InChI=1S/C14H23N3O2S/c1-16-11(8-13(18)17(2)14(16)19)9-15-10-5-4-6-12(7-10)20-3/h8,10,12,15H,4-7,9H2,1-3H3. The quantitative estimate of drug-likeness (QED) is 0.895. The molecule has 1 heterocycles. The highest BCUT2D eigenvalue weighted by molar-refractivity contribution is 7.99. The lowest BCUT2D eigenvalue weighted by Gasteiger charge is -2.29. The van der Waals surface area contributed by atoms with E-state index < -0.39 is 0 Å². The summed E-state index contributed by atoms with van der Waals surface area (Å²) in [6, 6.07) is 2.03. The van der Waals surface area contributed by atoms with E-state index in [1.165, 1.54) is 32.7 Å². The summed E-state index contributed by atoms with van der Waals surface area (Å²) >= 11 is 1.93. The molecule has 2 unspecified atom stereocenters. The van der Waals surface area contributed by atoms with Gasteiger partial charge in [-0.25, -0.2) is 4.79 Å². The summed E-state index contributed by atoms with van der Waals surface area (Å²) in [5.74, 6) is 0. The summed E-state index contributed by atoms with van der Waals surface area (Å²) in [6.07, 6.45) is 7.05. The predicted molar refractivity (Wildman–Crippen MR) is 83.3 cm³/mol. The lowest BCUT2D eigenvalue weighted by atomic mass is 9.95. The molecule has 0 amide bonds. The van der Waals surface area contributed by atoms with E-state index in [1.54, 1.807) is 17.7 Å². The number of hydrogen-bond acceptors (Lipinski definition) is 4. The van der Waals surface area contributed by atoms with E-state index in [1.807, 2.05) is 11.8 Å². The molecule has 2 atom stereocenters. The Morgan fingerprint density at radius 2 is 2.05 bits per heavy atom. The van der Waals surface area contributed by atoms with Crippen molar-refractivity contribution in [3.05, 3.63) is 32.6 Å². The Morgan fingerprint density at radius 1 is 1.30 bits per heavy atom. The largest absolute Gasteiger partial charge is 0.330 e. The second kappa shape index (κ2) is 6.63. The van der Waals surface area contributed by atoms with Crippen LogP contribution in [0.25, 0.3) is 0 Å². The molecule has 0 saturated heterocycles. The van der Waals surface area contributed by atoms with E-state index in [4.69, 9.17) is 0 Å². The molecule has 112 valence electrons. The molecule has 0 aliphatic heterocycles. The van der Waals surface area contributed by atoms with Gasteiger partial charge in [-0.1, -0.05) is 6.42 Å². The predicted octanol–water partition coefficient (Wildman–Crippen LogP) is 0.848. The van der Waals surface area contributed by atoms with Crippen LogP contribution in [0.1, 0.15) is 31.4 Å². The molecule has 1 aliphatic rings. The van der Waals surface area contributed by atoms with Gasteiger partial charge in [0.2, 0.25) is 0 Å². The van der Waals surface area contributed by atoms with Crippen LogP contribution in [-0.2, 0) is 20.6 Å². The molecule has 1 aromatic rings. The smallest absolute Gasteiger partial charge is 0.308 e. The number of nitrogens with one attached hydrogen (secondary N) is 1. The summed E-state index contributed by atoms with van der Waals surface area (Å²) in [4.78, 5) is 23.5. The zero-order chi connectivity index (χ0) is 14.7. The van der Waals surface area contributed by atoms with Gasteiger partial charge in [0.15, 0.2) is 0 Å². The molecular formula is C14H23N3O2S. The Bertz CT molecular complexity index is 579. The second-order valence-corrected chi connectivity index (χ2v) is 6.61. The molecule has 0 radical (unpaired) electrons. The normalized spacial score (nSPS) is 22.9. The van der Waals surface area contributed by atoms with Gasteiger partial charge in [-0.05, 0) is 25.5 Å². The Balaban J connectivity index is 2.04. The lowest BCUT2D eigenvalue weighted by molar-refractivity contribution is 0.375. The molecule has 1 aliphatic carbocycles. The van der Waals surface area contributed by atoms with Gasteiger partial charge in [0.1, 0.15) is 0 Å². The van der Waals surface area contributed by atoms with Crippen molar-refractivity contribution in [2.45, 2.75) is 43.5 Å². The van der Waals surface area contributed by atoms with Gasteiger partial charge >= 0.3 is 5.69 Å². The van der Waals surface area contributed by atoms with Crippen molar-refractivity contribution in [2.24, 2.45) is 14.1 Å². The molecule has 1 fully saturated rings. The third-order valence-corrected chi connectivity index (χ3v) is 5.25. The van der Waals surface area contributed by atoms with Crippen LogP contribution in [0.5, 0.6) is 0 Å². The fraction of sp³-hybridized carbons (Fsp3) is 0.714. The molecule has 20 heavy (non-hydrogen) atoms. The van der Waals surface area contributed by atoms with Crippen LogP contribution in [0.2, 0.25) is 0 Å². The number of nitrogens with zero attached hydrogens (tertiary/aromatic N) is 2. The molecule has 0 spiro atoms. The van der Waals surface area contributed by atoms with E-state index in [2.05, 4.69) is 11.6 Å². The van der Waals surface area contributed by atoms with Crippen molar-refractivity contribution in [3.8, 4) is 0 Å². The molecule has 0 aromatic carbocycles. The summed E-state index contributed by atoms with van der Waals surface area (Å²) < 4.78 is 2.68. The fourth-order valence-corrected chi connectivity index (χ4v) is 3.57. The minimum Gasteiger partial charge on any atom is -0.308 e. The first-order valence-electron chi connectivity index (χ1n) is 7.05. The molecule has 1 aromatic heterocycles.